The number of aromatic nitrogens is 4. The number of nitrogens with zero attached hydrogens (tertiary/aromatic N) is 4. The third-order valence-electron chi connectivity index (χ3n) is 8.63. The quantitative estimate of drug-likeness (QED) is 0.320. The smallest absolute Gasteiger partial charge is 0.229 e. The Morgan fingerprint density at radius 1 is 1.05 bits per heavy atom. The zero-order valence-corrected chi connectivity index (χ0v) is 24.3. The van der Waals surface area contributed by atoms with E-state index < -0.39 is 32.8 Å². The fourth-order valence-electron chi connectivity index (χ4n) is 6.75. The first-order valence-corrected chi connectivity index (χ1v) is 16.1. The summed E-state index contributed by atoms with van der Waals surface area (Å²) in [7, 11) is -3.28. The number of sulfone groups is 1. The number of hydrogen-bond donors (Lipinski definition) is 2. The van der Waals surface area contributed by atoms with Crippen LogP contribution >= 0.6 is 0 Å². The Morgan fingerprint density at radius 3 is 2.48 bits per heavy atom. The summed E-state index contributed by atoms with van der Waals surface area (Å²) in [6.07, 6.45) is 8.84. The van der Waals surface area contributed by atoms with Crippen LogP contribution in [0.3, 0.4) is 0 Å². The lowest BCUT2D eigenvalue weighted by atomic mass is 9.76. The molecule has 0 bridgehead atoms. The minimum Gasteiger partial charge on any atom is -0.381 e. The van der Waals surface area contributed by atoms with Crippen LogP contribution in [0, 0.1) is 17.6 Å². The van der Waals surface area contributed by atoms with Crippen molar-refractivity contribution in [2.75, 3.05) is 24.8 Å². The molecule has 1 aromatic carbocycles. The van der Waals surface area contributed by atoms with E-state index in [1.807, 2.05) is 13.0 Å². The van der Waals surface area contributed by atoms with Crippen LogP contribution in [0.25, 0.3) is 16.8 Å². The molecule has 4 atom stereocenters. The first-order chi connectivity index (χ1) is 20.1. The highest BCUT2D eigenvalue weighted by Crippen LogP contribution is 2.41. The Hall–Kier alpha value is -3.48. The fraction of sp³-hybridized carbons (Fsp3) is 0.433. The molecule has 4 heterocycles. The third kappa shape index (κ3) is 5.50. The molecule has 42 heavy (non-hydrogen) atoms. The van der Waals surface area contributed by atoms with Crippen LogP contribution in [0.5, 0.6) is 0 Å². The van der Waals surface area contributed by atoms with Crippen LogP contribution in [0.4, 0.5) is 20.4 Å². The summed E-state index contributed by atoms with van der Waals surface area (Å²) < 4.78 is 62.3. The summed E-state index contributed by atoms with van der Waals surface area (Å²) in [5.74, 6) is -1.03. The lowest BCUT2D eigenvalue weighted by Gasteiger charge is -2.38. The van der Waals surface area contributed by atoms with Gasteiger partial charge in [-0.3, -0.25) is 4.98 Å². The fourth-order valence-corrected chi connectivity index (χ4v) is 8.45. The topological polar surface area (TPSA) is 124 Å². The molecule has 0 radical (unpaired) electrons. The Labute approximate surface area is 243 Å². The molecule has 4 aromatic rings. The maximum absolute atomic E-state index is 15.3. The van der Waals surface area contributed by atoms with Gasteiger partial charge in [-0.25, -0.2) is 22.2 Å². The predicted octanol–water partition coefficient (Wildman–Crippen LogP) is 4.96. The van der Waals surface area contributed by atoms with Crippen molar-refractivity contribution in [3.8, 4) is 11.3 Å². The zero-order valence-electron chi connectivity index (χ0n) is 23.5. The lowest BCUT2D eigenvalue weighted by molar-refractivity contribution is 0.0852. The Morgan fingerprint density at radius 2 is 1.79 bits per heavy atom. The number of ether oxygens (including phenoxy) is 1. The number of rotatable bonds is 6. The second-order valence-corrected chi connectivity index (χ2v) is 13.8. The van der Waals surface area contributed by atoms with Crippen molar-refractivity contribution in [2.45, 2.75) is 55.7 Å². The molecule has 6 rings (SSSR count). The van der Waals surface area contributed by atoms with E-state index in [1.165, 1.54) is 22.9 Å². The van der Waals surface area contributed by atoms with Gasteiger partial charge in [0.2, 0.25) is 5.95 Å². The number of pyridine rings is 1. The van der Waals surface area contributed by atoms with Crippen molar-refractivity contribution in [1.82, 2.24) is 19.6 Å². The van der Waals surface area contributed by atoms with Gasteiger partial charge in [-0.1, -0.05) is 6.92 Å². The van der Waals surface area contributed by atoms with E-state index in [0.29, 0.717) is 48.8 Å². The second-order valence-electron chi connectivity index (χ2n) is 11.6. The Balaban J connectivity index is 1.30. The molecule has 222 valence electrons. The normalized spacial score (nSPS) is 23.7. The summed E-state index contributed by atoms with van der Waals surface area (Å²) in [5, 5.41) is 7.26. The number of anilines is 2. The number of hydrogen-bond acceptors (Lipinski definition) is 8. The highest BCUT2D eigenvalue weighted by molar-refractivity contribution is 7.91. The first-order valence-electron chi connectivity index (χ1n) is 14.2. The lowest BCUT2D eigenvalue weighted by Crippen LogP contribution is -2.48. The molecular weight excluding hydrogens is 562 g/mol. The molecule has 1 aliphatic carbocycles. The Bertz CT molecular complexity index is 1690. The molecule has 3 N–H and O–H groups in total. The Kier molecular flexibility index (Phi) is 7.71. The number of halogens is 2. The molecule has 1 saturated carbocycles. The SMILES string of the molecule is C[C@H]1C[C@@H](c2ccncc2Nc2ncc3ccc(-c4c(F)cc(C5CCOCC5)cc4F)nn23)C[C@@H](N)[C@H]1S(C)(=O)=O. The monoisotopic (exact) mass is 596 g/mol. The van der Waals surface area contributed by atoms with E-state index in [1.54, 1.807) is 30.7 Å². The molecule has 1 aliphatic heterocycles. The number of nitrogens with one attached hydrogen (secondary N) is 1. The van der Waals surface area contributed by atoms with Gasteiger partial charge in [-0.05, 0) is 84.9 Å². The van der Waals surface area contributed by atoms with E-state index >= 15 is 8.78 Å². The number of benzene rings is 1. The van der Waals surface area contributed by atoms with Gasteiger partial charge in [-0.2, -0.15) is 9.61 Å². The molecule has 3 aromatic heterocycles. The highest BCUT2D eigenvalue weighted by atomic mass is 32.2. The van der Waals surface area contributed by atoms with E-state index in [0.717, 1.165) is 18.4 Å². The first kappa shape index (κ1) is 28.6. The van der Waals surface area contributed by atoms with Crippen molar-refractivity contribution < 1.29 is 21.9 Å². The van der Waals surface area contributed by atoms with Gasteiger partial charge in [0.15, 0.2) is 9.84 Å². The van der Waals surface area contributed by atoms with E-state index in [-0.39, 0.29) is 29.0 Å². The van der Waals surface area contributed by atoms with Crippen molar-refractivity contribution in [2.24, 2.45) is 11.7 Å². The molecule has 12 heteroatoms. The van der Waals surface area contributed by atoms with Crippen LogP contribution in [0.2, 0.25) is 0 Å². The minimum absolute atomic E-state index is 0.00526. The molecule has 0 spiro atoms. The number of imidazole rings is 1. The van der Waals surface area contributed by atoms with Crippen molar-refractivity contribution in [3.05, 3.63) is 71.7 Å². The molecular formula is C30H34F2N6O3S. The van der Waals surface area contributed by atoms with Gasteiger partial charge in [0.05, 0.1) is 40.1 Å². The highest BCUT2D eigenvalue weighted by Gasteiger charge is 2.40. The van der Waals surface area contributed by atoms with Gasteiger partial charge >= 0.3 is 0 Å². The second kappa shape index (κ2) is 11.3. The van der Waals surface area contributed by atoms with Crippen molar-refractivity contribution in [3.63, 3.8) is 0 Å². The summed E-state index contributed by atoms with van der Waals surface area (Å²) in [5.41, 5.74) is 9.21. The van der Waals surface area contributed by atoms with Gasteiger partial charge in [0, 0.05) is 31.7 Å². The number of fused-ring (bicyclic) bond motifs is 1. The maximum atomic E-state index is 15.3. The molecule has 0 unspecified atom stereocenters. The largest absolute Gasteiger partial charge is 0.381 e. The molecule has 2 fully saturated rings. The molecule has 2 aliphatic rings. The van der Waals surface area contributed by atoms with E-state index in [9.17, 15) is 8.42 Å². The summed E-state index contributed by atoms with van der Waals surface area (Å²) in [6.45, 7) is 3.08. The van der Waals surface area contributed by atoms with Crippen LogP contribution < -0.4 is 11.1 Å². The van der Waals surface area contributed by atoms with E-state index in [2.05, 4.69) is 20.4 Å². The minimum atomic E-state index is -3.28. The average molecular weight is 597 g/mol. The summed E-state index contributed by atoms with van der Waals surface area (Å²) in [6, 6.07) is 7.50. The third-order valence-corrected chi connectivity index (χ3v) is 10.4. The predicted molar refractivity (Wildman–Crippen MR) is 156 cm³/mol. The van der Waals surface area contributed by atoms with Crippen molar-refractivity contribution in [1.29, 1.82) is 0 Å². The van der Waals surface area contributed by atoms with Crippen LogP contribution in [-0.2, 0) is 14.6 Å². The van der Waals surface area contributed by atoms with Gasteiger partial charge in [0.25, 0.3) is 0 Å². The average Bonchev–Trinajstić information content (AvgIpc) is 3.34. The van der Waals surface area contributed by atoms with Crippen LogP contribution in [0.1, 0.15) is 55.6 Å². The maximum Gasteiger partial charge on any atom is 0.229 e. The molecule has 0 amide bonds. The number of nitrogens with two attached hydrogens (primary N) is 1. The standard InChI is InChI=1S/C30H34F2N6O3S/c1-17-11-20(14-25(33)29(17)42(2,39)40)22-5-8-34-16-27(22)36-30-35-15-21-3-4-26(37-38(21)30)28-23(31)12-19(13-24(28)32)18-6-9-41-10-7-18/h3-5,8,12-13,15-18,20,25,29H,6-7,9-11,14,33H2,1-2H3,(H,35,36)/t17-,20+,25+,29-/m0/s1. The summed E-state index contributed by atoms with van der Waals surface area (Å²) in [4.78, 5) is 8.74. The van der Waals surface area contributed by atoms with Gasteiger partial charge < -0.3 is 15.8 Å². The molecule has 1 saturated heterocycles. The van der Waals surface area contributed by atoms with Gasteiger partial charge in [-0.15, -0.1) is 0 Å². The summed E-state index contributed by atoms with van der Waals surface area (Å²) >= 11 is 0. The van der Waals surface area contributed by atoms with Crippen LogP contribution in [0.15, 0.2) is 48.9 Å². The van der Waals surface area contributed by atoms with E-state index in [4.69, 9.17) is 10.5 Å². The zero-order chi connectivity index (χ0) is 29.6. The van der Waals surface area contributed by atoms with Gasteiger partial charge in [0.1, 0.15) is 11.6 Å². The molecule has 9 nitrogen and oxygen atoms in total. The van der Waals surface area contributed by atoms with Crippen LogP contribution in [-0.4, -0.2) is 58.8 Å². The van der Waals surface area contributed by atoms with Crippen molar-refractivity contribution >= 4 is 27.0 Å².